The van der Waals surface area contributed by atoms with E-state index < -0.39 is 16.0 Å². The zero-order valence-corrected chi connectivity index (χ0v) is 19.8. The van der Waals surface area contributed by atoms with Gasteiger partial charge in [0.1, 0.15) is 0 Å². The van der Waals surface area contributed by atoms with E-state index in [1.54, 1.807) is 17.9 Å². The van der Waals surface area contributed by atoms with Gasteiger partial charge in [0, 0.05) is 25.7 Å². The molecule has 0 spiro atoms. The van der Waals surface area contributed by atoms with Crippen LogP contribution in [0.5, 0.6) is 0 Å². The van der Waals surface area contributed by atoms with Crippen molar-refractivity contribution in [1.29, 1.82) is 0 Å². The number of nitrogens with zero attached hydrogens (tertiary/aromatic N) is 2. The van der Waals surface area contributed by atoms with Crippen molar-refractivity contribution in [1.82, 2.24) is 9.21 Å². The lowest BCUT2D eigenvalue weighted by atomic mass is 9.92. The number of likely N-dealkylation sites (tertiary alicyclic amines) is 1. The molecular formula is C23H34N2O5S. The minimum atomic E-state index is -3.69. The van der Waals surface area contributed by atoms with Crippen LogP contribution in [0.1, 0.15) is 62.4 Å². The average molecular weight is 451 g/mol. The minimum Gasteiger partial charge on any atom is -0.452 e. The summed E-state index contributed by atoms with van der Waals surface area (Å²) in [5.41, 5.74) is 0.794. The van der Waals surface area contributed by atoms with Gasteiger partial charge in [-0.05, 0) is 62.6 Å². The average Bonchev–Trinajstić information content (AvgIpc) is 2.71. The summed E-state index contributed by atoms with van der Waals surface area (Å²) in [5, 5.41) is 0. The van der Waals surface area contributed by atoms with E-state index in [4.69, 9.17) is 4.74 Å². The van der Waals surface area contributed by atoms with Crippen LogP contribution < -0.4 is 0 Å². The maximum atomic E-state index is 13.1. The van der Waals surface area contributed by atoms with E-state index in [1.807, 2.05) is 6.92 Å². The summed E-state index contributed by atoms with van der Waals surface area (Å²) in [6, 6.07) is 4.46. The zero-order chi connectivity index (χ0) is 22.8. The highest BCUT2D eigenvalue weighted by Crippen LogP contribution is 2.27. The highest BCUT2D eigenvalue weighted by molar-refractivity contribution is 7.89. The Labute approximate surface area is 185 Å². The number of piperidine rings is 2. The van der Waals surface area contributed by atoms with Crippen molar-refractivity contribution in [3.8, 4) is 0 Å². The third-order valence-electron chi connectivity index (χ3n) is 6.33. The molecule has 0 radical (unpaired) electrons. The smallest absolute Gasteiger partial charge is 0.338 e. The molecule has 1 amide bonds. The molecule has 2 aliphatic rings. The molecular weight excluding hydrogens is 416 g/mol. The summed E-state index contributed by atoms with van der Waals surface area (Å²) < 4.78 is 33.1. The molecule has 3 rings (SSSR count). The van der Waals surface area contributed by atoms with Gasteiger partial charge in [-0.1, -0.05) is 26.3 Å². The van der Waals surface area contributed by atoms with Gasteiger partial charge in [0.25, 0.3) is 5.91 Å². The van der Waals surface area contributed by atoms with E-state index in [1.165, 1.54) is 16.4 Å². The van der Waals surface area contributed by atoms with Crippen LogP contribution in [-0.2, 0) is 19.6 Å². The van der Waals surface area contributed by atoms with Crippen LogP contribution >= 0.6 is 0 Å². The van der Waals surface area contributed by atoms with Crippen molar-refractivity contribution in [2.24, 2.45) is 11.8 Å². The second-order valence-electron chi connectivity index (χ2n) is 9.26. The van der Waals surface area contributed by atoms with E-state index in [9.17, 15) is 18.0 Å². The SMILES string of the molecule is Cc1ccc(S(=O)(=O)N2CCCCC2C)cc1C(=O)OCC(=O)N1CC(C)CC(C)C1. The number of amides is 1. The fourth-order valence-electron chi connectivity index (χ4n) is 4.71. The van der Waals surface area contributed by atoms with Gasteiger partial charge in [-0.3, -0.25) is 4.79 Å². The van der Waals surface area contributed by atoms with Crippen LogP contribution in [0.3, 0.4) is 0 Å². The zero-order valence-electron chi connectivity index (χ0n) is 19.0. The number of aryl methyl sites for hydroxylation is 1. The van der Waals surface area contributed by atoms with Crippen LogP contribution in [0.4, 0.5) is 0 Å². The molecule has 2 heterocycles. The molecule has 3 atom stereocenters. The van der Waals surface area contributed by atoms with E-state index in [-0.39, 0.29) is 29.0 Å². The Morgan fingerprint density at radius 1 is 1.10 bits per heavy atom. The van der Waals surface area contributed by atoms with E-state index in [0.29, 0.717) is 37.0 Å². The lowest BCUT2D eigenvalue weighted by molar-refractivity contribution is -0.137. The highest BCUT2D eigenvalue weighted by atomic mass is 32.2. The van der Waals surface area contributed by atoms with E-state index in [2.05, 4.69) is 13.8 Å². The number of ether oxygens (including phenoxy) is 1. The van der Waals surface area contributed by atoms with Crippen molar-refractivity contribution in [3.05, 3.63) is 29.3 Å². The van der Waals surface area contributed by atoms with Gasteiger partial charge in [0.15, 0.2) is 6.61 Å². The summed E-state index contributed by atoms with van der Waals surface area (Å²) >= 11 is 0. The highest BCUT2D eigenvalue weighted by Gasteiger charge is 2.32. The first-order valence-electron chi connectivity index (χ1n) is 11.2. The monoisotopic (exact) mass is 450 g/mol. The van der Waals surface area contributed by atoms with Crippen LogP contribution in [0, 0.1) is 18.8 Å². The van der Waals surface area contributed by atoms with Gasteiger partial charge in [-0.25, -0.2) is 13.2 Å². The van der Waals surface area contributed by atoms with Crippen molar-refractivity contribution < 1.29 is 22.7 Å². The summed E-state index contributed by atoms with van der Waals surface area (Å²) in [7, 11) is -3.69. The number of carbonyl (C=O) groups excluding carboxylic acids is 2. The lowest BCUT2D eigenvalue weighted by Crippen LogP contribution is -2.44. The predicted molar refractivity (Wildman–Crippen MR) is 118 cm³/mol. The number of hydrogen-bond acceptors (Lipinski definition) is 5. The van der Waals surface area contributed by atoms with Crippen molar-refractivity contribution in [2.75, 3.05) is 26.2 Å². The molecule has 31 heavy (non-hydrogen) atoms. The molecule has 0 saturated carbocycles. The second kappa shape index (κ2) is 9.69. The molecule has 8 heteroatoms. The number of sulfonamides is 1. The summed E-state index contributed by atoms with van der Waals surface area (Å²) in [6.07, 6.45) is 3.76. The first-order valence-corrected chi connectivity index (χ1v) is 12.6. The van der Waals surface area contributed by atoms with E-state index >= 15 is 0 Å². The van der Waals surface area contributed by atoms with Crippen LogP contribution in [-0.4, -0.2) is 61.8 Å². The second-order valence-corrected chi connectivity index (χ2v) is 11.1. The van der Waals surface area contributed by atoms with Gasteiger partial charge in [0.05, 0.1) is 10.5 Å². The van der Waals surface area contributed by atoms with Gasteiger partial charge >= 0.3 is 5.97 Å². The van der Waals surface area contributed by atoms with Gasteiger partial charge in [-0.2, -0.15) is 4.31 Å². The Kier molecular flexibility index (Phi) is 7.42. The molecule has 2 fully saturated rings. The molecule has 2 aliphatic heterocycles. The molecule has 2 saturated heterocycles. The van der Waals surface area contributed by atoms with E-state index in [0.717, 1.165) is 25.7 Å². The molecule has 1 aromatic rings. The number of hydrogen-bond donors (Lipinski definition) is 0. The van der Waals surface area contributed by atoms with Crippen molar-refractivity contribution >= 4 is 21.9 Å². The standard InChI is InChI=1S/C23H34N2O5S/c1-16-11-17(2)14-24(13-16)22(26)15-30-23(27)21-12-20(9-8-18(21)3)31(28,29)25-10-6-5-7-19(25)4/h8-9,12,16-17,19H,5-7,10-11,13-15H2,1-4H3. The fraction of sp³-hybridized carbons (Fsp3) is 0.652. The maximum Gasteiger partial charge on any atom is 0.338 e. The summed E-state index contributed by atoms with van der Waals surface area (Å²) in [6.45, 7) is 9.35. The first-order chi connectivity index (χ1) is 14.6. The molecule has 1 aromatic carbocycles. The van der Waals surface area contributed by atoms with Gasteiger partial charge in [-0.15, -0.1) is 0 Å². The number of rotatable bonds is 5. The van der Waals surface area contributed by atoms with Crippen LogP contribution in [0.2, 0.25) is 0 Å². The fourth-order valence-corrected chi connectivity index (χ4v) is 6.43. The van der Waals surface area contributed by atoms with Gasteiger partial charge in [0.2, 0.25) is 10.0 Å². The third-order valence-corrected chi connectivity index (χ3v) is 8.34. The molecule has 3 unspecified atom stereocenters. The summed E-state index contributed by atoms with van der Waals surface area (Å²) in [5.74, 6) is -0.0440. The molecule has 0 N–H and O–H groups in total. The molecule has 172 valence electrons. The lowest BCUT2D eigenvalue weighted by Gasteiger charge is -2.34. The third kappa shape index (κ3) is 5.47. The van der Waals surface area contributed by atoms with Crippen LogP contribution in [0.15, 0.2) is 23.1 Å². The Hall–Kier alpha value is -1.93. The molecule has 0 aliphatic carbocycles. The number of benzene rings is 1. The first kappa shape index (κ1) is 23.7. The predicted octanol–water partition coefficient (Wildman–Crippen LogP) is 3.22. The Morgan fingerprint density at radius 3 is 2.42 bits per heavy atom. The number of esters is 1. The number of carbonyl (C=O) groups is 2. The van der Waals surface area contributed by atoms with Crippen molar-refractivity contribution in [3.63, 3.8) is 0 Å². The minimum absolute atomic E-state index is 0.0672. The quantitative estimate of drug-likeness (QED) is 0.643. The Bertz CT molecular complexity index is 920. The largest absolute Gasteiger partial charge is 0.452 e. The Morgan fingerprint density at radius 2 is 1.77 bits per heavy atom. The normalized spacial score (nSPS) is 25.3. The summed E-state index contributed by atoms with van der Waals surface area (Å²) in [4.78, 5) is 27.1. The maximum absolute atomic E-state index is 13.1. The molecule has 0 bridgehead atoms. The molecule has 0 aromatic heterocycles. The topological polar surface area (TPSA) is 84.0 Å². The van der Waals surface area contributed by atoms with Crippen molar-refractivity contribution in [2.45, 2.75) is 64.3 Å². The molecule has 7 nitrogen and oxygen atoms in total. The Balaban J connectivity index is 1.71. The van der Waals surface area contributed by atoms with Crippen LogP contribution in [0.25, 0.3) is 0 Å². The van der Waals surface area contributed by atoms with Gasteiger partial charge < -0.3 is 9.64 Å².